The number of amides is 2. The number of carbonyl (C=O) groups excluding carboxylic acids is 2. The number of hydrazine groups is 1. The van der Waals surface area contributed by atoms with Crippen LogP contribution in [0.1, 0.15) is 56.8 Å². The third kappa shape index (κ3) is 5.66. The van der Waals surface area contributed by atoms with Crippen molar-refractivity contribution < 1.29 is 14.3 Å². The third-order valence-corrected chi connectivity index (χ3v) is 6.39. The molecule has 4 rings (SSSR count). The van der Waals surface area contributed by atoms with Gasteiger partial charge in [-0.15, -0.1) is 0 Å². The Morgan fingerprint density at radius 1 is 1.17 bits per heavy atom. The lowest BCUT2D eigenvalue weighted by molar-refractivity contribution is -0.121. The number of aryl methyl sites for hydroxylation is 1. The largest absolute Gasteiger partial charge is 0.446 e. The van der Waals surface area contributed by atoms with Crippen LogP contribution in [-0.4, -0.2) is 46.3 Å². The molecule has 1 aromatic rings. The average molecular weight is 417 g/mol. The minimum absolute atomic E-state index is 0.0306. The highest BCUT2D eigenvalue weighted by atomic mass is 16.6. The fourth-order valence-corrected chi connectivity index (χ4v) is 4.44. The van der Waals surface area contributed by atoms with E-state index in [2.05, 4.69) is 31.5 Å². The summed E-state index contributed by atoms with van der Waals surface area (Å²) in [6.07, 6.45) is 9.01. The fraction of sp³-hybridized carbons (Fsp3) is 0.714. The first-order valence-corrected chi connectivity index (χ1v) is 11.0. The van der Waals surface area contributed by atoms with E-state index in [0.717, 1.165) is 31.4 Å². The predicted molar refractivity (Wildman–Crippen MR) is 110 cm³/mol. The summed E-state index contributed by atoms with van der Waals surface area (Å²) in [6, 6.07) is 0.446. The monoisotopic (exact) mass is 416 g/mol. The van der Waals surface area contributed by atoms with Crippen LogP contribution < -0.4 is 21.5 Å². The molecule has 0 radical (unpaired) electrons. The average Bonchev–Trinajstić information content (AvgIpc) is 3.30. The molecule has 2 heterocycles. The quantitative estimate of drug-likeness (QED) is 0.530. The SMILES string of the molecule is Cc1cnc(CC(=O)NC2CC([C@H]3CC[C@@H](OC(=O)N[C@@H](C)C4CC4)C3)NN2)cn1. The summed E-state index contributed by atoms with van der Waals surface area (Å²) >= 11 is 0. The van der Waals surface area contributed by atoms with Gasteiger partial charge in [-0.3, -0.25) is 20.2 Å². The normalized spacial score (nSPS) is 29.4. The number of alkyl carbamates (subject to hydrolysis) is 1. The molecule has 2 unspecified atom stereocenters. The zero-order valence-corrected chi connectivity index (χ0v) is 17.7. The van der Waals surface area contributed by atoms with Crippen LogP contribution in [0.3, 0.4) is 0 Å². The molecular formula is C21H32N6O3. The first-order chi connectivity index (χ1) is 14.5. The summed E-state index contributed by atoms with van der Waals surface area (Å²) in [5.41, 5.74) is 7.97. The Morgan fingerprint density at radius 2 is 2.00 bits per heavy atom. The zero-order valence-electron chi connectivity index (χ0n) is 17.7. The second-order valence-corrected chi connectivity index (χ2v) is 8.95. The number of hydrogen-bond donors (Lipinski definition) is 4. The smallest absolute Gasteiger partial charge is 0.407 e. The molecule has 9 heteroatoms. The first-order valence-electron chi connectivity index (χ1n) is 11.0. The van der Waals surface area contributed by atoms with Gasteiger partial charge >= 0.3 is 6.09 Å². The molecule has 0 aromatic carbocycles. The number of hydrogen-bond acceptors (Lipinski definition) is 7. The van der Waals surface area contributed by atoms with Crippen LogP contribution in [0, 0.1) is 18.8 Å². The molecule has 2 amide bonds. The van der Waals surface area contributed by atoms with Crippen LogP contribution in [0.2, 0.25) is 0 Å². The standard InChI is InChI=1S/C21H32N6O3/c1-12-10-23-16(11-22-12)8-20(28)25-19-9-18(26-27-19)15-5-6-17(7-15)30-21(29)24-13(2)14-3-4-14/h10-11,13-15,17-19,26-27H,3-9H2,1-2H3,(H,24,29)(H,25,28)/t13-,15-,17+,18?,19?/m0/s1. The van der Waals surface area contributed by atoms with Crippen LogP contribution in [0.15, 0.2) is 12.4 Å². The van der Waals surface area contributed by atoms with Crippen molar-refractivity contribution in [3.63, 3.8) is 0 Å². The van der Waals surface area contributed by atoms with Crippen molar-refractivity contribution in [2.45, 2.75) is 83.1 Å². The summed E-state index contributed by atoms with van der Waals surface area (Å²) in [6.45, 7) is 3.91. The molecule has 2 saturated carbocycles. The maximum Gasteiger partial charge on any atom is 0.407 e. The number of carbonyl (C=O) groups is 2. The van der Waals surface area contributed by atoms with Crippen molar-refractivity contribution in [2.75, 3.05) is 0 Å². The van der Waals surface area contributed by atoms with Crippen molar-refractivity contribution in [1.82, 2.24) is 31.5 Å². The van der Waals surface area contributed by atoms with E-state index in [1.54, 1.807) is 12.4 Å². The summed E-state index contributed by atoms with van der Waals surface area (Å²) in [5.74, 6) is 0.955. The van der Waals surface area contributed by atoms with Crippen LogP contribution >= 0.6 is 0 Å². The summed E-state index contributed by atoms with van der Waals surface area (Å²) in [7, 11) is 0. The van der Waals surface area contributed by atoms with E-state index < -0.39 is 0 Å². The van der Waals surface area contributed by atoms with Crippen molar-refractivity contribution in [2.24, 2.45) is 11.8 Å². The Labute approximate surface area is 177 Å². The lowest BCUT2D eigenvalue weighted by Crippen LogP contribution is -2.45. The van der Waals surface area contributed by atoms with Gasteiger partial charge < -0.3 is 15.4 Å². The topological polar surface area (TPSA) is 117 Å². The minimum Gasteiger partial charge on any atom is -0.446 e. The number of nitrogens with one attached hydrogen (secondary N) is 4. The summed E-state index contributed by atoms with van der Waals surface area (Å²) in [4.78, 5) is 32.8. The van der Waals surface area contributed by atoms with Gasteiger partial charge in [-0.25, -0.2) is 10.2 Å². The van der Waals surface area contributed by atoms with Crippen LogP contribution in [-0.2, 0) is 16.0 Å². The van der Waals surface area contributed by atoms with Gasteiger partial charge in [-0.2, -0.15) is 0 Å². The van der Waals surface area contributed by atoms with E-state index >= 15 is 0 Å². The third-order valence-electron chi connectivity index (χ3n) is 6.39. The Balaban J connectivity index is 1.17. The molecule has 0 spiro atoms. The van der Waals surface area contributed by atoms with Gasteiger partial charge in [0.25, 0.3) is 0 Å². The Hall–Kier alpha value is -2.26. The second-order valence-electron chi connectivity index (χ2n) is 8.95. The highest BCUT2D eigenvalue weighted by Crippen LogP contribution is 2.34. The molecule has 0 bridgehead atoms. The van der Waals surface area contributed by atoms with Crippen molar-refractivity contribution in [3.05, 3.63) is 23.8 Å². The van der Waals surface area contributed by atoms with Gasteiger partial charge in [-0.1, -0.05) is 0 Å². The highest BCUT2D eigenvalue weighted by Gasteiger charge is 2.37. The van der Waals surface area contributed by atoms with Gasteiger partial charge in [0, 0.05) is 24.5 Å². The van der Waals surface area contributed by atoms with Crippen molar-refractivity contribution >= 4 is 12.0 Å². The molecule has 1 aromatic heterocycles. The number of nitrogens with zero attached hydrogens (tertiary/aromatic N) is 2. The van der Waals surface area contributed by atoms with E-state index in [1.807, 2.05) is 13.8 Å². The Bertz CT molecular complexity index is 754. The lowest BCUT2D eigenvalue weighted by Gasteiger charge is -2.19. The molecule has 30 heavy (non-hydrogen) atoms. The van der Waals surface area contributed by atoms with Crippen LogP contribution in [0.4, 0.5) is 4.79 Å². The van der Waals surface area contributed by atoms with Gasteiger partial charge in [0.2, 0.25) is 5.91 Å². The van der Waals surface area contributed by atoms with Crippen molar-refractivity contribution in [3.8, 4) is 0 Å². The molecule has 1 saturated heterocycles. The molecule has 4 N–H and O–H groups in total. The molecule has 1 aliphatic heterocycles. The Morgan fingerprint density at radius 3 is 2.73 bits per heavy atom. The summed E-state index contributed by atoms with van der Waals surface area (Å²) in [5, 5.41) is 5.96. The second kappa shape index (κ2) is 9.26. The molecular weight excluding hydrogens is 384 g/mol. The molecule has 164 valence electrons. The number of rotatable bonds is 7. The molecule has 2 aliphatic carbocycles. The number of ether oxygens (including phenoxy) is 1. The maximum atomic E-state index is 12.3. The molecule has 3 aliphatic rings. The van der Waals surface area contributed by atoms with Crippen LogP contribution in [0.25, 0.3) is 0 Å². The van der Waals surface area contributed by atoms with E-state index in [9.17, 15) is 9.59 Å². The maximum absolute atomic E-state index is 12.3. The fourth-order valence-electron chi connectivity index (χ4n) is 4.44. The molecule has 3 fully saturated rings. The highest BCUT2D eigenvalue weighted by molar-refractivity contribution is 5.78. The predicted octanol–water partition coefficient (Wildman–Crippen LogP) is 1.33. The van der Waals surface area contributed by atoms with E-state index in [0.29, 0.717) is 17.5 Å². The van der Waals surface area contributed by atoms with Gasteiger partial charge in [0.15, 0.2) is 0 Å². The first kappa shape index (κ1) is 21.0. The molecule has 9 nitrogen and oxygen atoms in total. The van der Waals surface area contributed by atoms with E-state index in [4.69, 9.17) is 4.74 Å². The van der Waals surface area contributed by atoms with Crippen molar-refractivity contribution in [1.29, 1.82) is 0 Å². The van der Waals surface area contributed by atoms with Gasteiger partial charge in [0.05, 0.1) is 24.0 Å². The summed E-state index contributed by atoms with van der Waals surface area (Å²) < 4.78 is 5.64. The number of aromatic nitrogens is 2. The van der Waals surface area contributed by atoms with Gasteiger partial charge in [-0.05, 0) is 64.2 Å². The molecule has 5 atom stereocenters. The lowest BCUT2D eigenvalue weighted by atomic mass is 9.96. The minimum atomic E-state index is -0.290. The van der Waals surface area contributed by atoms with Gasteiger partial charge in [0.1, 0.15) is 6.10 Å². The zero-order chi connectivity index (χ0) is 21.1. The van der Waals surface area contributed by atoms with E-state index in [-0.39, 0.29) is 42.8 Å². The Kier molecular flexibility index (Phi) is 6.48. The van der Waals surface area contributed by atoms with Crippen LogP contribution in [0.5, 0.6) is 0 Å². The van der Waals surface area contributed by atoms with E-state index in [1.165, 1.54) is 12.8 Å².